The summed E-state index contributed by atoms with van der Waals surface area (Å²) in [5.41, 5.74) is 0.755. The maximum atomic E-state index is 16.7. The third-order valence-electron chi connectivity index (χ3n) is 13.1. The summed E-state index contributed by atoms with van der Waals surface area (Å²) in [6.07, 6.45) is 6.07. The number of benzene rings is 4. The number of halogens is 1. The molecule has 3 saturated heterocycles. The Bertz CT molecular complexity index is 2410. The molecule has 4 aromatic carbocycles. The highest BCUT2D eigenvalue weighted by atomic mass is 31.2. The molecular formula is C48H53FN5O7P. The summed E-state index contributed by atoms with van der Waals surface area (Å²) in [5, 5.41) is 17.1. The van der Waals surface area contributed by atoms with Gasteiger partial charge < -0.3 is 24.4 Å². The van der Waals surface area contributed by atoms with Gasteiger partial charge >= 0.3 is 13.5 Å². The van der Waals surface area contributed by atoms with Crippen LogP contribution in [0.3, 0.4) is 0 Å². The molecule has 4 fully saturated rings. The van der Waals surface area contributed by atoms with E-state index in [1.165, 1.54) is 31.2 Å². The second-order valence-electron chi connectivity index (χ2n) is 17.2. The number of para-hydroxylation sites is 1. The molecule has 12 nitrogen and oxygen atoms in total. The minimum Gasteiger partial charge on any atom is -0.465 e. The molecular weight excluding hydrogens is 809 g/mol. The molecule has 62 heavy (non-hydrogen) atoms. The maximum Gasteiger partial charge on any atom is 0.355 e. The van der Waals surface area contributed by atoms with Gasteiger partial charge in [0.15, 0.2) is 0 Å². The van der Waals surface area contributed by atoms with Crippen molar-refractivity contribution in [2.45, 2.75) is 113 Å². The number of hydrogen-bond donors (Lipinski definition) is 2. The minimum atomic E-state index is -4.48. The number of likely N-dealkylation sites (tertiary alicyclic amines) is 1. The Kier molecular flexibility index (Phi) is 12.5. The quantitative estimate of drug-likeness (QED) is 0.0996. The van der Waals surface area contributed by atoms with Crippen LogP contribution in [0.25, 0.3) is 10.8 Å². The Labute approximate surface area is 361 Å². The van der Waals surface area contributed by atoms with Gasteiger partial charge in [0.05, 0.1) is 24.1 Å². The molecule has 0 bridgehead atoms. The topological polar surface area (TPSA) is 158 Å². The fourth-order valence-electron chi connectivity index (χ4n) is 9.76. The van der Waals surface area contributed by atoms with Crippen LogP contribution in [0.2, 0.25) is 0 Å². The molecule has 4 aromatic rings. The molecule has 8 atom stereocenters. The Morgan fingerprint density at radius 3 is 2.35 bits per heavy atom. The van der Waals surface area contributed by atoms with Crippen LogP contribution >= 0.6 is 7.52 Å². The average molecular weight is 862 g/mol. The number of nitrogens with one attached hydrogen (secondary N) is 2. The smallest absolute Gasteiger partial charge is 0.355 e. The van der Waals surface area contributed by atoms with Crippen molar-refractivity contribution in [3.63, 3.8) is 0 Å². The van der Waals surface area contributed by atoms with E-state index in [1.807, 2.05) is 42.2 Å². The van der Waals surface area contributed by atoms with E-state index < -0.39 is 49.0 Å². The number of alkyl halides is 1. The monoisotopic (exact) mass is 861 g/mol. The number of rotatable bonds is 13. The minimum absolute atomic E-state index is 0.00379. The number of ether oxygens (including phenoxy) is 1. The number of fused-ring (bicyclic) bond motifs is 2. The molecule has 0 radical (unpaired) electrons. The standard InChI is InChI=1S/C48H53FN5O7P/c1-3-26-60-47(58)31(2)52-62(59,61-38-15-8-5-9-16-38)43(49)34-20-18-32-19-21-35(28-36(32)27-34)44(55)51-41-17-11-10-14-37-22-23-42(54(37)45(41)56)46(57)53-30-39(33-12-6-4-7-13-33)40(29-50)48(53)24-25-48/h4-9,12-13,15-16,18-21,27-28,31,37,39-43H,3,10-11,14,17,22-26,30H2,1-2H3,(H,51,55)(H,52,59)/t31-,37-,39+,40+,41?,42-,43-,62?/m0/s1. The lowest BCUT2D eigenvalue weighted by Gasteiger charge is -2.37. The summed E-state index contributed by atoms with van der Waals surface area (Å²) in [6, 6.07) is 27.3. The van der Waals surface area contributed by atoms with Gasteiger partial charge in [-0.1, -0.05) is 86.5 Å². The molecule has 3 amide bonds. The van der Waals surface area contributed by atoms with E-state index in [0.717, 1.165) is 37.7 Å². The zero-order chi connectivity index (χ0) is 43.6. The second-order valence-corrected chi connectivity index (χ2v) is 19.2. The van der Waals surface area contributed by atoms with E-state index in [9.17, 15) is 29.0 Å². The van der Waals surface area contributed by atoms with E-state index in [2.05, 4.69) is 16.5 Å². The van der Waals surface area contributed by atoms with Crippen molar-refractivity contribution >= 4 is 42.0 Å². The molecule has 2 unspecified atom stereocenters. The molecule has 0 aromatic heterocycles. The van der Waals surface area contributed by atoms with Crippen molar-refractivity contribution in [1.29, 1.82) is 5.26 Å². The summed E-state index contributed by atoms with van der Waals surface area (Å²) >= 11 is 0. The molecule has 8 rings (SSSR count). The van der Waals surface area contributed by atoms with E-state index in [4.69, 9.17) is 9.26 Å². The van der Waals surface area contributed by atoms with E-state index in [-0.39, 0.29) is 53.2 Å². The fourth-order valence-corrected chi connectivity index (χ4v) is 11.7. The zero-order valence-corrected chi connectivity index (χ0v) is 36.0. The van der Waals surface area contributed by atoms with Gasteiger partial charge in [0.25, 0.3) is 5.91 Å². The van der Waals surface area contributed by atoms with Crippen LogP contribution in [0.15, 0.2) is 97.1 Å². The third-order valence-corrected chi connectivity index (χ3v) is 15.2. The van der Waals surface area contributed by atoms with Gasteiger partial charge in [0, 0.05) is 24.1 Å². The fraction of sp³-hybridized carbons (Fsp3) is 0.438. The molecule has 1 spiro atoms. The highest BCUT2D eigenvalue weighted by molar-refractivity contribution is 7.57. The van der Waals surface area contributed by atoms with E-state index in [0.29, 0.717) is 43.0 Å². The van der Waals surface area contributed by atoms with Gasteiger partial charge in [-0.15, -0.1) is 0 Å². The van der Waals surface area contributed by atoms with E-state index >= 15 is 4.39 Å². The first-order valence-corrected chi connectivity index (χ1v) is 23.5. The van der Waals surface area contributed by atoms with Gasteiger partial charge in [-0.05, 0) is 104 Å². The number of amides is 3. The predicted octanol–water partition coefficient (Wildman–Crippen LogP) is 8.34. The van der Waals surface area contributed by atoms with Crippen molar-refractivity contribution in [3.05, 3.63) is 114 Å². The van der Waals surface area contributed by atoms with Crippen molar-refractivity contribution < 1.29 is 37.4 Å². The Hall–Kier alpha value is -5.57. The van der Waals surface area contributed by atoms with Crippen LogP contribution in [-0.2, 0) is 23.7 Å². The molecule has 324 valence electrons. The highest BCUT2D eigenvalue weighted by Crippen LogP contribution is 2.59. The molecule has 3 heterocycles. The van der Waals surface area contributed by atoms with Crippen LogP contribution in [0.1, 0.15) is 105 Å². The lowest BCUT2D eigenvalue weighted by Crippen LogP contribution is -2.57. The van der Waals surface area contributed by atoms with Crippen LogP contribution in [-0.4, -0.2) is 76.3 Å². The van der Waals surface area contributed by atoms with Crippen molar-refractivity contribution in [2.75, 3.05) is 13.2 Å². The lowest BCUT2D eigenvalue weighted by molar-refractivity contribution is -0.148. The van der Waals surface area contributed by atoms with Gasteiger partial charge in [0.1, 0.15) is 23.9 Å². The molecule has 3 aliphatic heterocycles. The molecule has 2 N–H and O–H groups in total. The van der Waals surface area contributed by atoms with Crippen LogP contribution in [0.5, 0.6) is 5.75 Å². The number of nitrogens with zero attached hydrogens (tertiary/aromatic N) is 3. The van der Waals surface area contributed by atoms with Crippen LogP contribution in [0.4, 0.5) is 4.39 Å². The summed E-state index contributed by atoms with van der Waals surface area (Å²) in [4.78, 5) is 59.5. The Balaban J connectivity index is 1.00. The summed E-state index contributed by atoms with van der Waals surface area (Å²) in [7, 11) is -4.48. The first kappa shape index (κ1) is 43.1. The maximum absolute atomic E-state index is 16.7. The number of carbonyl (C=O) groups is 4. The Morgan fingerprint density at radius 2 is 1.65 bits per heavy atom. The normalized spacial score (nSPS) is 24.8. The second kappa shape index (κ2) is 18.0. The SMILES string of the molecule is CCCOC(=O)[C@H](C)NP(=O)(Oc1ccccc1)[C@H](F)c1ccc2ccc(C(=O)NC3CCCC[C@H]4CC[C@@H](C(=O)N5C[C@H](c6ccccc6)[C@@H](C#N)C56CC6)N4C3=O)cc2c1. The van der Waals surface area contributed by atoms with Gasteiger partial charge in [-0.3, -0.25) is 23.7 Å². The molecule has 1 saturated carbocycles. The van der Waals surface area contributed by atoms with Gasteiger partial charge in [-0.25, -0.2) is 9.48 Å². The highest BCUT2D eigenvalue weighted by Gasteiger charge is 2.64. The molecule has 14 heteroatoms. The lowest BCUT2D eigenvalue weighted by atomic mass is 9.85. The average Bonchev–Trinajstić information content (AvgIpc) is 3.85. The Morgan fingerprint density at radius 1 is 0.935 bits per heavy atom. The van der Waals surface area contributed by atoms with Crippen molar-refractivity contribution in [2.24, 2.45) is 5.92 Å². The van der Waals surface area contributed by atoms with Crippen LogP contribution in [0, 0.1) is 17.2 Å². The molecule has 1 aliphatic carbocycles. The largest absolute Gasteiger partial charge is 0.465 e. The van der Waals surface area contributed by atoms with Gasteiger partial charge in [-0.2, -0.15) is 5.26 Å². The molecule has 4 aliphatic rings. The summed E-state index contributed by atoms with van der Waals surface area (Å²) < 4.78 is 42.0. The first-order chi connectivity index (χ1) is 30.0. The number of carbonyl (C=O) groups excluding carboxylic acids is 4. The van der Waals surface area contributed by atoms with Crippen molar-refractivity contribution in [1.82, 2.24) is 20.2 Å². The van der Waals surface area contributed by atoms with Crippen LogP contribution < -0.4 is 14.9 Å². The van der Waals surface area contributed by atoms with Crippen molar-refractivity contribution in [3.8, 4) is 11.8 Å². The summed E-state index contributed by atoms with van der Waals surface area (Å²) in [6.45, 7) is 3.86. The zero-order valence-electron chi connectivity index (χ0n) is 35.1. The van der Waals surface area contributed by atoms with E-state index in [1.54, 1.807) is 47.4 Å². The number of hydrogen-bond acceptors (Lipinski definition) is 8. The third kappa shape index (κ3) is 8.47. The number of esters is 1. The number of nitriles is 1. The summed E-state index contributed by atoms with van der Waals surface area (Å²) in [5.74, 6) is -4.09. The predicted molar refractivity (Wildman–Crippen MR) is 232 cm³/mol. The first-order valence-electron chi connectivity index (χ1n) is 21.8. The van der Waals surface area contributed by atoms with Gasteiger partial charge in [0.2, 0.25) is 17.7 Å².